The van der Waals surface area contributed by atoms with Gasteiger partial charge in [-0.1, -0.05) is 12.1 Å². The lowest BCUT2D eigenvalue weighted by atomic mass is 10.1. The number of ether oxygens (including phenoxy) is 1. The highest BCUT2D eigenvalue weighted by Gasteiger charge is 2.21. The van der Waals surface area contributed by atoms with E-state index in [2.05, 4.69) is 21.3 Å². The van der Waals surface area contributed by atoms with Crippen molar-refractivity contribution in [2.45, 2.75) is 27.2 Å². The van der Waals surface area contributed by atoms with E-state index in [9.17, 15) is 9.59 Å². The van der Waals surface area contributed by atoms with Crippen LogP contribution in [-0.2, 0) is 9.53 Å². The molecule has 1 heterocycles. The summed E-state index contributed by atoms with van der Waals surface area (Å²) < 4.78 is 5.04. The van der Waals surface area contributed by atoms with Crippen LogP contribution in [0.25, 0.3) is 0 Å². The molecule has 3 aromatic rings. The minimum Gasteiger partial charge on any atom is -0.466 e. The highest BCUT2D eigenvalue weighted by atomic mass is 16.5. The molecule has 1 amide bonds. The molecule has 0 radical (unpaired) electrons. The molecule has 0 saturated heterocycles. The van der Waals surface area contributed by atoms with Crippen LogP contribution in [-0.4, -0.2) is 43.6 Å². The second-order valence-electron chi connectivity index (χ2n) is 8.58. The number of allylic oxidation sites excluding steroid dienone is 1. The molecule has 0 fully saturated rings. The topological polar surface area (TPSA) is 98.6 Å². The minimum atomic E-state index is -0.358. The van der Waals surface area contributed by atoms with Crippen molar-refractivity contribution < 1.29 is 14.3 Å². The van der Waals surface area contributed by atoms with E-state index in [0.717, 1.165) is 22.6 Å². The monoisotopic (exact) mass is 511 g/mol. The van der Waals surface area contributed by atoms with Crippen LogP contribution >= 0.6 is 0 Å². The quantitative estimate of drug-likeness (QED) is 0.348. The van der Waals surface area contributed by atoms with Crippen LogP contribution < -0.4 is 15.1 Å². The highest BCUT2D eigenvalue weighted by molar-refractivity contribution is 6.06. The third kappa shape index (κ3) is 7.20. The molecule has 1 aromatic heterocycles. The summed E-state index contributed by atoms with van der Waals surface area (Å²) >= 11 is 0. The molecule has 1 N–H and O–H groups in total. The van der Waals surface area contributed by atoms with Gasteiger partial charge in [0.25, 0.3) is 5.91 Å². The number of nitrogens with one attached hydrogen (secondary N) is 1. The summed E-state index contributed by atoms with van der Waals surface area (Å²) in [6, 6.07) is 20.4. The molecule has 8 heteroatoms. The first kappa shape index (κ1) is 27.9. The van der Waals surface area contributed by atoms with Gasteiger partial charge >= 0.3 is 5.97 Å². The maximum absolute atomic E-state index is 13.5. The van der Waals surface area contributed by atoms with E-state index in [4.69, 9.17) is 10.00 Å². The standard InChI is InChI=1S/C30H33N5O3/c1-5-26(21-33-25-13-10-23(20-31)11-14-25)34(4)27-15-12-24(19-22(27)3)30(37)35(18-16-29(36)38-6-2)28-9-7-8-17-32-28/h5,7-15,17,19,33H,6,16,18,21H2,1-4H3/b26-5+. The number of benzene rings is 2. The predicted octanol–water partition coefficient (Wildman–Crippen LogP) is 5.31. The van der Waals surface area contributed by atoms with Crippen LogP contribution in [0.4, 0.5) is 17.2 Å². The van der Waals surface area contributed by atoms with E-state index in [1.807, 2.05) is 51.2 Å². The molecule has 0 aliphatic heterocycles. The Hall–Kier alpha value is -4.64. The Bertz CT molecular complexity index is 1310. The van der Waals surface area contributed by atoms with Crippen molar-refractivity contribution in [2.24, 2.45) is 0 Å². The van der Waals surface area contributed by atoms with Crippen molar-refractivity contribution in [2.75, 3.05) is 41.9 Å². The van der Waals surface area contributed by atoms with E-state index in [1.165, 1.54) is 4.90 Å². The first-order chi connectivity index (χ1) is 18.4. The molecule has 8 nitrogen and oxygen atoms in total. The van der Waals surface area contributed by atoms with Crippen molar-refractivity contribution in [3.8, 4) is 6.07 Å². The second-order valence-corrected chi connectivity index (χ2v) is 8.58. The second kappa shape index (κ2) is 13.6. The number of nitriles is 1. The average Bonchev–Trinajstić information content (AvgIpc) is 2.94. The van der Waals surface area contributed by atoms with E-state index in [-0.39, 0.29) is 24.8 Å². The Morgan fingerprint density at radius 3 is 2.50 bits per heavy atom. The number of pyridine rings is 1. The molecular formula is C30H33N5O3. The molecule has 196 valence electrons. The summed E-state index contributed by atoms with van der Waals surface area (Å²) in [6.45, 7) is 6.74. The molecule has 0 unspecified atom stereocenters. The Balaban J connectivity index is 1.76. The molecule has 2 aromatic carbocycles. The van der Waals surface area contributed by atoms with Crippen molar-refractivity contribution >= 4 is 29.1 Å². The number of anilines is 3. The van der Waals surface area contributed by atoms with Crippen molar-refractivity contribution in [1.29, 1.82) is 5.26 Å². The van der Waals surface area contributed by atoms with Gasteiger partial charge in [-0.2, -0.15) is 5.26 Å². The van der Waals surface area contributed by atoms with Crippen LogP contribution in [0.1, 0.15) is 41.8 Å². The molecule has 0 aliphatic carbocycles. The van der Waals surface area contributed by atoms with Crippen molar-refractivity contribution in [3.05, 3.63) is 95.3 Å². The lowest BCUT2D eigenvalue weighted by molar-refractivity contribution is -0.142. The Labute approximate surface area is 224 Å². The largest absolute Gasteiger partial charge is 0.466 e. The average molecular weight is 512 g/mol. The number of carbonyl (C=O) groups excluding carboxylic acids is 2. The number of rotatable bonds is 11. The zero-order valence-electron chi connectivity index (χ0n) is 22.3. The number of hydrogen-bond donors (Lipinski definition) is 1. The summed E-state index contributed by atoms with van der Waals surface area (Å²) in [5, 5.41) is 12.4. The SMILES string of the molecule is C/C=C(\CNc1ccc(C#N)cc1)N(C)c1ccc(C(=O)N(CCC(=O)OCC)c2ccccn2)cc1C. The molecule has 0 atom stereocenters. The van der Waals surface area contributed by atoms with Crippen LogP contribution in [0.3, 0.4) is 0 Å². The number of carbonyl (C=O) groups is 2. The van der Waals surface area contributed by atoms with Crippen LogP contribution in [0.15, 0.2) is 78.6 Å². The fraction of sp³-hybridized carbons (Fsp3) is 0.267. The number of likely N-dealkylation sites (N-methyl/N-ethyl adjacent to an activating group) is 1. The summed E-state index contributed by atoms with van der Waals surface area (Å²) in [5.74, 6) is -0.118. The number of amides is 1. The van der Waals surface area contributed by atoms with Crippen LogP contribution in [0.5, 0.6) is 0 Å². The van der Waals surface area contributed by atoms with Gasteiger partial charge in [-0.05, 0) is 80.9 Å². The molecule has 38 heavy (non-hydrogen) atoms. The molecule has 0 saturated carbocycles. The Morgan fingerprint density at radius 2 is 1.89 bits per heavy atom. The maximum atomic E-state index is 13.5. The smallest absolute Gasteiger partial charge is 0.307 e. The van der Waals surface area contributed by atoms with Gasteiger partial charge in [0.2, 0.25) is 0 Å². The number of aromatic nitrogens is 1. The van der Waals surface area contributed by atoms with Gasteiger partial charge in [-0.3, -0.25) is 14.5 Å². The number of aryl methyl sites for hydroxylation is 1. The zero-order chi connectivity index (χ0) is 27.5. The molecular weight excluding hydrogens is 478 g/mol. The van der Waals surface area contributed by atoms with Gasteiger partial charge in [-0.25, -0.2) is 4.98 Å². The summed E-state index contributed by atoms with van der Waals surface area (Å²) in [5.41, 5.74) is 4.99. The number of esters is 1. The molecule has 0 spiro atoms. The van der Waals surface area contributed by atoms with Gasteiger partial charge in [0.15, 0.2) is 0 Å². The summed E-state index contributed by atoms with van der Waals surface area (Å²) in [6.07, 6.45) is 3.73. The Morgan fingerprint density at radius 1 is 1.13 bits per heavy atom. The first-order valence-corrected chi connectivity index (χ1v) is 12.5. The van der Waals surface area contributed by atoms with Gasteiger partial charge in [0.05, 0.1) is 31.2 Å². The van der Waals surface area contributed by atoms with Crippen molar-refractivity contribution in [1.82, 2.24) is 4.98 Å². The normalized spacial score (nSPS) is 10.9. The summed E-state index contributed by atoms with van der Waals surface area (Å²) in [7, 11) is 1.99. The van der Waals surface area contributed by atoms with Crippen LogP contribution in [0.2, 0.25) is 0 Å². The van der Waals surface area contributed by atoms with Gasteiger partial charge in [0.1, 0.15) is 5.82 Å². The van der Waals surface area contributed by atoms with E-state index >= 15 is 0 Å². The lowest BCUT2D eigenvalue weighted by Crippen LogP contribution is -2.34. The lowest BCUT2D eigenvalue weighted by Gasteiger charge is -2.26. The van der Waals surface area contributed by atoms with E-state index < -0.39 is 0 Å². The highest BCUT2D eigenvalue weighted by Crippen LogP contribution is 2.25. The van der Waals surface area contributed by atoms with Gasteiger partial charge in [-0.15, -0.1) is 0 Å². The third-order valence-corrected chi connectivity index (χ3v) is 6.07. The number of nitrogens with zero attached hydrogens (tertiary/aromatic N) is 4. The molecule has 0 aliphatic rings. The summed E-state index contributed by atoms with van der Waals surface area (Å²) in [4.78, 5) is 33.4. The van der Waals surface area contributed by atoms with Gasteiger partial charge < -0.3 is 15.0 Å². The van der Waals surface area contributed by atoms with E-state index in [0.29, 0.717) is 30.1 Å². The van der Waals surface area contributed by atoms with Crippen molar-refractivity contribution in [3.63, 3.8) is 0 Å². The maximum Gasteiger partial charge on any atom is 0.307 e. The number of hydrogen-bond acceptors (Lipinski definition) is 7. The fourth-order valence-corrected chi connectivity index (χ4v) is 4.01. The zero-order valence-corrected chi connectivity index (χ0v) is 22.3. The third-order valence-electron chi connectivity index (χ3n) is 6.07. The van der Waals surface area contributed by atoms with Crippen LogP contribution in [0, 0.1) is 18.3 Å². The van der Waals surface area contributed by atoms with E-state index in [1.54, 1.807) is 49.5 Å². The minimum absolute atomic E-state index is 0.0762. The fourth-order valence-electron chi connectivity index (χ4n) is 4.01. The molecule has 0 bridgehead atoms. The van der Waals surface area contributed by atoms with Gasteiger partial charge in [0, 0.05) is 42.4 Å². The Kier molecular flexibility index (Phi) is 10.0. The first-order valence-electron chi connectivity index (χ1n) is 12.5. The predicted molar refractivity (Wildman–Crippen MR) is 150 cm³/mol. The molecule has 3 rings (SSSR count).